The van der Waals surface area contributed by atoms with Crippen LogP contribution in [-0.4, -0.2) is 15.9 Å². The third kappa shape index (κ3) is 2.83. The summed E-state index contributed by atoms with van der Waals surface area (Å²) in [7, 11) is 0. The number of aromatic nitrogens is 2. The lowest BCUT2D eigenvalue weighted by Crippen LogP contribution is -2.44. The van der Waals surface area contributed by atoms with Gasteiger partial charge in [0.2, 0.25) is 0 Å². The Labute approximate surface area is 128 Å². The van der Waals surface area contributed by atoms with Crippen LogP contribution in [0.25, 0.3) is 0 Å². The Morgan fingerprint density at radius 1 is 1.33 bits per heavy atom. The summed E-state index contributed by atoms with van der Waals surface area (Å²) < 4.78 is 0. The van der Waals surface area contributed by atoms with Gasteiger partial charge in [0.25, 0.3) is 5.91 Å². The van der Waals surface area contributed by atoms with Crippen molar-refractivity contribution in [1.29, 1.82) is 0 Å². The highest BCUT2D eigenvalue weighted by Gasteiger charge is 2.39. The van der Waals surface area contributed by atoms with Crippen molar-refractivity contribution in [3.05, 3.63) is 46.2 Å². The van der Waals surface area contributed by atoms with Crippen LogP contribution in [0.1, 0.15) is 53.7 Å². The molecule has 5 heteroatoms. The molecule has 2 aromatic rings. The van der Waals surface area contributed by atoms with E-state index in [1.54, 1.807) is 17.5 Å². The summed E-state index contributed by atoms with van der Waals surface area (Å²) in [5.74, 6) is -0.0950. The molecule has 0 atom stereocenters. The number of nitrogens with one attached hydrogen (secondary N) is 1. The van der Waals surface area contributed by atoms with Gasteiger partial charge in [-0.15, -0.1) is 11.3 Å². The van der Waals surface area contributed by atoms with Crippen molar-refractivity contribution in [2.75, 3.05) is 0 Å². The van der Waals surface area contributed by atoms with E-state index in [0.717, 1.165) is 42.7 Å². The van der Waals surface area contributed by atoms with Gasteiger partial charge in [-0.1, -0.05) is 19.8 Å². The van der Waals surface area contributed by atoms with E-state index >= 15 is 0 Å². The van der Waals surface area contributed by atoms with Crippen LogP contribution in [0, 0.1) is 0 Å². The van der Waals surface area contributed by atoms with E-state index in [9.17, 15) is 4.79 Å². The first kappa shape index (κ1) is 14.2. The predicted molar refractivity (Wildman–Crippen MR) is 83.3 cm³/mol. The minimum absolute atomic E-state index is 0.0950. The number of carbonyl (C=O) groups excluding carboxylic acids is 1. The molecule has 21 heavy (non-hydrogen) atoms. The van der Waals surface area contributed by atoms with Crippen LogP contribution in [0.5, 0.6) is 0 Å². The van der Waals surface area contributed by atoms with E-state index < -0.39 is 0 Å². The first-order valence-electron chi connectivity index (χ1n) is 7.41. The van der Waals surface area contributed by atoms with E-state index in [1.165, 1.54) is 0 Å². The summed E-state index contributed by atoms with van der Waals surface area (Å²) in [6.07, 6.45) is 8.59. The predicted octanol–water partition coefficient (Wildman–Crippen LogP) is 3.30. The lowest BCUT2D eigenvalue weighted by Gasteiger charge is -2.28. The van der Waals surface area contributed by atoms with Gasteiger partial charge in [-0.25, -0.2) is 4.98 Å². The molecule has 4 nitrogen and oxygen atoms in total. The van der Waals surface area contributed by atoms with Crippen molar-refractivity contribution < 1.29 is 4.79 Å². The molecule has 1 aliphatic carbocycles. The quantitative estimate of drug-likeness (QED) is 0.942. The van der Waals surface area contributed by atoms with Crippen molar-refractivity contribution in [2.24, 2.45) is 0 Å². The van der Waals surface area contributed by atoms with Gasteiger partial charge in [0.1, 0.15) is 10.7 Å². The van der Waals surface area contributed by atoms with Crippen molar-refractivity contribution in [3.63, 3.8) is 0 Å². The first-order valence-corrected chi connectivity index (χ1v) is 8.29. The number of pyridine rings is 1. The van der Waals surface area contributed by atoms with Gasteiger partial charge in [-0.05, 0) is 37.0 Å². The Morgan fingerprint density at radius 2 is 2.14 bits per heavy atom. The molecule has 0 aromatic carbocycles. The zero-order valence-electron chi connectivity index (χ0n) is 12.1. The summed E-state index contributed by atoms with van der Waals surface area (Å²) in [6, 6.07) is 3.82. The number of thiazole rings is 1. The maximum absolute atomic E-state index is 12.6. The number of hydrogen-bond donors (Lipinski definition) is 1. The molecule has 0 unspecified atom stereocenters. The number of aryl methyl sites for hydroxylation is 1. The molecule has 1 aliphatic rings. The minimum Gasteiger partial charge on any atom is -0.339 e. The second-order valence-electron chi connectivity index (χ2n) is 5.48. The van der Waals surface area contributed by atoms with E-state index in [1.807, 2.05) is 23.7 Å². The Hall–Kier alpha value is -1.75. The fourth-order valence-electron chi connectivity index (χ4n) is 2.93. The summed E-state index contributed by atoms with van der Waals surface area (Å²) in [4.78, 5) is 21.2. The highest BCUT2D eigenvalue weighted by atomic mass is 32.1. The molecule has 110 valence electrons. The molecule has 2 aromatic heterocycles. The van der Waals surface area contributed by atoms with Crippen LogP contribution in [0.4, 0.5) is 0 Å². The minimum atomic E-state index is -0.296. The second-order valence-corrected chi connectivity index (χ2v) is 6.38. The molecule has 0 spiro atoms. The number of hydrogen-bond acceptors (Lipinski definition) is 4. The van der Waals surface area contributed by atoms with Crippen molar-refractivity contribution in [3.8, 4) is 0 Å². The third-order valence-electron chi connectivity index (χ3n) is 4.12. The molecule has 1 fully saturated rings. The normalized spacial score (nSPS) is 16.8. The van der Waals surface area contributed by atoms with E-state index in [0.29, 0.717) is 5.69 Å². The van der Waals surface area contributed by atoms with Gasteiger partial charge in [0.15, 0.2) is 0 Å². The van der Waals surface area contributed by atoms with Gasteiger partial charge in [-0.3, -0.25) is 9.78 Å². The molecule has 0 aliphatic heterocycles. The fraction of sp³-hybridized carbons (Fsp3) is 0.438. The second kappa shape index (κ2) is 5.93. The maximum Gasteiger partial charge on any atom is 0.270 e. The van der Waals surface area contributed by atoms with E-state index in [2.05, 4.69) is 22.2 Å². The molecular weight excluding hydrogens is 282 g/mol. The van der Waals surface area contributed by atoms with Gasteiger partial charge in [0.05, 0.1) is 5.54 Å². The molecular formula is C16H19N3OS. The molecule has 0 bridgehead atoms. The van der Waals surface area contributed by atoms with Crippen molar-refractivity contribution >= 4 is 17.2 Å². The number of amides is 1. The van der Waals surface area contributed by atoms with Crippen LogP contribution >= 0.6 is 11.3 Å². The van der Waals surface area contributed by atoms with Gasteiger partial charge in [-0.2, -0.15) is 0 Å². The first-order chi connectivity index (χ1) is 10.2. The van der Waals surface area contributed by atoms with Gasteiger partial charge in [0, 0.05) is 17.8 Å². The maximum atomic E-state index is 12.6. The number of nitrogens with zero attached hydrogens (tertiary/aromatic N) is 2. The zero-order chi connectivity index (χ0) is 14.7. The average molecular weight is 301 g/mol. The smallest absolute Gasteiger partial charge is 0.270 e. The molecule has 2 heterocycles. The summed E-state index contributed by atoms with van der Waals surface area (Å²) >= 11 is 1.62. The number of rotatable bonds is 4. The van der Waals surface area contributed by atoms with E-state index in [4.69, 9.17) is 0 Å². The van der Waals surface area contributed by atoms with Crippen molar-refractivity contribution in [2.45, 2.75) is 44.6 Å². The van der Waals surface area contributed by atoms with Crippen LogP contribution in [-0.2, 0) is 12.0 Å². The standard InChI is InChI=1S/C16H19N3OS/c1-2-12-5-8-17-13(11-12)14(20)19-16(6-3-4-7-16)15-18-9-10-21-15/h5,8-11H,2-4,6-7H2,1H3,(H,19,20). The molecule has 3 rings (SSSR count). The largest absolute Gasteiger partial charge is 0.339 e. The lowest BCUT2D eigenvalue weighted by molar-refractivity contribution is 0.0892. The van der Waals surface area contributed by atoms with Crippen LogP contribution in [0.15, 0.2) is 29.9 Å². The number of carbonyl (C=O) groups is 1. The fourth-order valence-corrected chi connectivity index (χ4v) is 3.78. The molecule has 1 amide bonds. The van der Waals surface area contributed by atoms with Gasteiger partial charge >= 0.3 is 0 Å². The Kier molecular flexibility index (Phi) is 4.01. The van der Waals surface area contributed by atoms with Crippen LogP contribution < -0.4 is 5.32 Å². The highest BCUT2D eigenvalue weighted by Crippen LogP contribution is 2.39. The Morgan fingerprint density at radius 3 is 2.81 bits per heavy atom. The Balaban J connectivity index is 1.84. The monoisotopic (exact) mass is 301 g/mol. The molecule has 0 radical (unpaired) electrons. The van der Waals surface area contributed by atoms with Gasteiger partial charge < -0.3 is 5.32 Å². The lowest BCUT2D eigenvalue weighted by atomic mass is 9.98. The SMILES string of the molecule is CCc1ccnc(C(=O)NC2(c3nccs3)CCCC2)c1. The summed E-state index contributed by atoms with van der Waals surface area (Å²) in [6.45, 7) is 2.07. The van der Waals surface area contributed by atoms with Crippen LogP contribution in [0.3, 0.4) is 0 Å². The molecule has 0 saturated heterocycles. The third-order valence-corrected chi connectivity index (χ3v) is 5.09. The van der Waals surface area contributed by atoms with Crippen LogP contribution in [0.2, 0.25) is 0 Å². The molecule has 1 N–H and O–H groups in total. The highest BCUT2D eigenvalue weighted by molar-refractivity contribution is 7.09. The van der Waals surface area contributed by atoms with E-state index in [-0.39, 0.29) is 11.4 Å². The average Bonchev–Trinajstić information content (AvgIpc) is 3.19. The van der Waals surface area contributed by atoms with Crippen molar-refractivity contribution in [1.82, 2.24) is 15.3 Å². The summed E-state index contributed by atoms with van der Waals surface area (Å²) in [5.41, 5.74) is 1.33. The zero-order valence-corrected chi connectivity index (χ0v) is 12.9. The summed E-state index contributed by atoms with van der Waals surface area (Å²) in [5, 5.41) is 6.19. The Bertz CT molecular complexity index is 618. The topological polar surface area (TPSA) is 54.9 Å². The molecule has 1 saturated carbocycles.